The lowest BCUT2D eigenvalue weighted by atomic mass is 9.94. The van der Waals surface area contributed by atoms with Crippen molar-refractivity contribution < 1.29 is 4.79 Å². The van der Waals surface area contributed by atoms with Crippen molar-refractivity contribution in [2.75, 3.05) is 5.32 Å². The third kappa shape index (κ3) is 2.67. The van der Waals surface area contributed by atoms with E-state index in [1.165, 1.54) is 6.42 Å². The zero-order chi connectivity index (χ0) is 13.9. The number of amides is 1. The van der Waals surface area contributed by atoms with E-state index in [1.807, 2.05) is 18.2 Å². The average Bonchev–Trinajstić information content (AvgIpc) is 2.79. The summed E-state index contributed by atoms with van der Waals surface area (Å²) in [5, 5.41) is 10.9. The van der Waals surface area contributed by atoms with Gasteiger partial charge in [0.2, 0.25) is 5.91 Å². The number of aromatic amines is 1. The largest absolute Gasteiger partial charge is 0.327 e. The number of anilines is 1. The molecule has 1 aromatic heterocycles. The Kier molecular flexibility index (Phi) is 3.69. The van der Waals surface area contributed by atoms with Crippen LogP contribution >= 0.6 is 0 Å². The van der Waals surface area contributed by atoms with Crippen LogP contribution in [0.5, 0.6) is 0 Å². The molecule has 1 aromatic carbocycles. The van der Waals surface area contributed by atoms with Crippen molar-refractivity contribution in [3.63, 3.8) is 0 Å². The van der Waals surface area contributed by atoms with Gasteiger partial charge in [-0.25, -0.2) is 0 Å². The molecule has 1 saturated carbocycles. The van der Waals surface area contributed by atoms with Crippen LogP contribution in [0.15, 0.2) is 24.4 Å². The van der Waals surface area contributed by atoms with E-state index in [4.69, 9.17) is 5.73 Å². The number of aromatic nitrogens is 2. The van der Waals surface area contributed by atoms with Gasteiger partial charge in [0.15, 0.2) is 0 Å². The summed E-state index contributed by atoms with van der Waals surface area (Å²) < 4.78 is 0. The molecule has 5 nitrogen and oxygen atoms in total. The summed E-state index contributed by atoms with van der Waals surface area (Å²) in [7, 11) is 0. The summed E-state index contributed by atoms with van der Waals surface area (Å²) in [4.78, 5) is 12.4. The van der Waals surface area contributed by atoms with E-state index >= 15 is 0 Å². The van der Waals surface area contributed by atoms with Crippen molar-refractivity contribution in [1.82, 2.24) is 10.2 Å². The Morgan fingerprint density at radius 1 is 1.30 bits per heavy atom. The average molecular weight is 272 g/mol. The predicted octanol–water partition coefficient (Wildman–Crippen LogP) is 2.41. The second-order valence-corrected chi connectivity index (χ2v) is 5.57. The van der Waals surface area contributed by atoms with E-state index < -0.39 is 0 Å². The summed E-state index contributed by atoms with van der Waals surface area (Å²) in [6.45, 7) is 0. The van der Waals surface area contributed by atoms with E-state index in [-0.39, 0.29) is 17.9 Å². The highest BCUT2D eigenvalue weighted by Gasteiger charge is 2.27. The molecule has 4 N–H and O–H groups in total. The lowest BCUT2D eigenvalue weighted by Crippen LogP contribution is -2.37. The van der Waals surface area contributed by atoms with Gasteiger partial charge in [-0.1, -0.05) is 19.3 Å². The van der Waals surface area contributed by atoms with Crippen LogP contribution in [0.25, 0.3) is 10.9 Å². The van der Waals surface area contributed by atoms with Crippen LogP contribution in [-0.4, -0.2) is 22.1 Å². The van der Waals surface area contributed by atoms with Crippen LogP contribution in [0.2, 0.25) is 0 Å². The molecular weight excluding hydrogens is 252 g/mol. The number of fused-ring (bicyclic) bond motifs is 1. The van der Waals surface area contributed by atoms with E-state index in [2.05, 4.69) is 15.5 Å². The van der Waals surface area contributed by atoms with Crippen LogP contribution in [0.3, 0.4) is 0 Å². The van der Waals surface area contributed by atoms with E-state index in [0.29, 0.717) is 0 Å². The number of carbonyl (C=O) groups excluding carboxylic acids is 1. The number of nitrogens with zero attached hydrogens (tertiary/aromatic N) is 1. The van der Waals surface area contributed by atoms with Crippen molar-refractivity contribution in [2.45, 2.75) is 38.1 Å². The molecule has 0 saturated heterocycles. The highest BCUT2D eigenvalue weighted by Crippen LogP contribution is 2.24. The van der Waals surface area contributed by atoms with Crippen LogP contribution in [-0.2, 0) is 4.79 Å². The van der Waals surface area contributed by atoms with Crippen LogP contribution in [0, 0.1) is 5.92 Å². The number of hydrogen-bond donors (Lipinski definition) is 3. The fraction of sp³-hybridized carbons (Fsp3) is 0.467. The predicted molar refractivity (Wildman–Crippen MR) is 79.3 cm³/mol. The summed E-state index contributed by atoms with van der Waals surface area (Å²) in [5.74, 6) is -0.0340. The molecule has 0 radical (unpaired) electrons. The van der Waals surface area contributed by atoms with Gasteiger partial charge in [0.1, 0.15) is 0 Å². The summed E-state index contributed by atoms with van der Waals surface area (Å²) >= 11 is 0. The first kappa shape index (κ1) is 13.1. The van der Waals surface area contributed by atoms with Crippen LogP contribution in [0.1, 0.15) is 32.1 Å². The Hall–Kier alpha value is -1.88. The molecule has 2 aromatic rings. The molecule has 1 amide bonds. The van der Waals surface area contributed by atoms with Crippen LogP contribution in [0.4, 0.5) is 5.69 Å². The standard InChI is InChI=1S/C15H20N4O/c16-13-5-3-1-2-4-12(13)15(20)18-11-7-6-10-9-17-19-14(10)8-11/h6-9,12-13H,1-5,16H2,(H,17,19)(H,18,20). The molecular formula is C15H20N4O. The van der Waals surface area contributed by atoms with Gasteiger partial charge in [-0.05, 0) is 31.0 Å². The Morgan fingerprint density at radius 3 is 3.05 bits per heavy atom. The number of hydrogen-bond acceptors (Lipinski definition) is 3. The normalized spacial score (nSPS) is 23.4. The van der Waals surface area contributed by atoms with Gasteiger partial charge in [0.25, 0.3) is 0 Å². The van der Waals surface area contributed by atoms with Gasteiger partial charge in [-0.3, -0.25) is 9.89 Å². The van der Waals surface area contributed by atoms with E-state index in [0.717, 1.165) is 42.3 Å². The molecule has 1 heterocycles. The zero-order valence-electron chi connectivity index (χ0n) is 11.4. The minimum Gasteiger partial charge on any atom is -0.327 e. The minimum atomic E-state index is -0.0741. The highest BCUT2D eigenvalue weighted by molar-refractivity contribution is 5.95. The SMILES string of the molecule is NC1CCCCCC1C(=O)Nc1ccc2cn[nH]c2c1. The molecule has 2 atom stereocenters. The molecule has 106 valence electrons. The van der Waals surface area contributed by atoms with Crippen LogP contribution < -0.4 is 11.1 Å². The quantitative estimate of drug-likeness (QED) is 0.734. The van der Waals surface area contributed by atoms with E-state index in [1.54, 1.807) is 6.20 Å². The molecule has 0 bridgehead atoms. The second kappa shape index (κ2) is 5.63. The van der Waals surface area contributed by atoms with Crippen molar-refractivity contribution in [3.8, 4) is 0 Å². The molecule has 20 heavy (non-hydrogen) atoms. The third-order valence-corrected chi connectivity index (χ3v) is 4.12. The minimum absolute atomic E-state index is 0.0200. The van der Waals surface area contributed by atoms with Crippen molar-refractivity contribution in [2.24, 2.45) is 11.7 Å². The monoisotopic (exact) mass is 272 g/mol. The lowest BCUT2D eigenvalue weighted by molar-refractivity contribution is -0.120. The molecule has 1 aliphatic rings. The van der Waals surface area contributed by atoms with E-state index in [9.17, 15) is 4.79 Å². The molecule has 0 spiro atoms. The Balaban J connectivity index is 1.73. The van der Waals surface area contributed by atoms with Crippen molar-refractivity contribution >= 4 is 22.5 Å². The molecule has 0 aliphatic heterocycles. The fourth-order valence-corrected chi connectivity index (χ4v) is 2.91. The van der Waals surface area contributed by atoms with Gasteiger partial charge in [0, 0.05) is 17.1 Å². The highest BCUT2D eigenvalue weighted by atomic mass is 16.1. The number of benzene rings is 1. The first-order chi connectivity index (χ1) is 9.74. The number of nitrogens with one attached hydrogen (secondary N) is 2. The first-order valence-corrected chi connectivity index (χ1v) is 7.23. The molecule has 1 aliphatic carbocycles. The lowest BCUT2D eigenvalue weighted by Gasteiger charge is -2.20. The Labute approximate surface area is 117 Å². The van der Waals surface area contributed by atoms with Crippen molar-refractivity contribution in [3.05, 3.63) is 24.4 Å². The van der Waals surface area contributed by atoms with Gasteiger partial charge < -0.3 is 11.1 Å². The maximum absolute atomic E-state index is 12.4. The van der Waals surface area contributed by atoms with Gasteiger partial charge in [-0.15, -0.1) is 0 Å². The summed E-state index contributed by atoms with van der Waals surface area (Å²) in [6.07, 6.45) is 6.99. The number of carbonyl (C=O) groups is 1. The number of rotatable bonds is 2. The van der Waals surface area contributed by atoms with Gasteiger partial charge >= 0.3 is 0 Å². The number of H-pyrrole nitrogens is 1. The van der Waals surface area contributed by atoms with Crippen molar-refractivity contribution in [1.29, 1.82) is 0 Å². The summed E-state index contributed by atoms with van der Waals surface area (Å²) in [5.41, 5.74) is 7.85. The second-order valence-electron chi connectivity index (χ2n) is 5.57. The van der Waals surface area contributed by atoms with Gasteiger partial charge in [-0.2, -0.15) is 5.10 Å². The Morgan fingerprint density at radius 2 is 2.15 bits per heavy atom. The number of nitrogens with two attached hydrogens (primary N) is 1. The topological polar surface area (TPSA) is 83.8 Å². The molecule has 5 heteroatoms. The molecule has 1 fully saturated rings. The first-order valence-electron chi connectivity index (χ1n) is 7.23. The summed E-state index contributed by atoms with van der Waals surface area (Å²) in [6, 6.07) is 5.73. The maximum Gasteiger partial charge on any atom is 0.229 e. The maximum atomic E-state index is 12.4. The molecule has 3 rings (SSSR count). The molecule has 2 unspecified atom stereocenters. The third-order valence-electron chi connectivity index (χ3n) is 4.12. The zero-order valence-corrected chi connectivity index (χ0v) is 11.4. The van der Waals surface area contributed by atoms with Gasteiger partial charge in [0.05, 0.1) is 17.6 Å². The smallest absolute Gasteiger partial charge is 0.229 e. The Bertz CT molecular complexity index is 607. The fourth-order valence-electron chi connectivity index (χ4n) is 2.91.